The summed E-state index contributed by atoms with van der Waals surface area (Å²) in [5.41, 5.74) is 4.43. The highest BCUT2D eigenvalue weighted by molar-refractivity contribution is 8.17. The zero-order valence-electron chi connectivity index (χ0n) is 83.1. The summed E-state index contributed by atoms with van der Waals surface area (Å²) < 4.78 is 181. The number of thioether (sulfide) groups is 4. The maximum absolute atomic E-state index is 14.2. The van der Waals surface area contributed by atoms with Gasteiger partial charge in [-0.05, 0) is 293 Å². The van der Waals surface area contributed by atoms with Gasteiger partial charge >= 0.3 is 0 Å². The summed E-state index contributed by atoms with van der Waals surface area (Å²) in [6, 6.07) is 80.1. The second kappa shape index (κ2) is 49.4. The van der Waals surface area contributed by atoms with Crippen molar-refractivity contribution in [2.24, 2.45) is 53.3 Å². The number of rotatable bonds is 37. The number of likely N-dealkylation sites (tertiary alicyclic amines) is 1. The van der Waals surface area contributed by atoms with E-state index in [4.69, 9.17) is 11.2 Å². The molecule has 0 radical (unpaired) electrons. The highest BCUT2D eigenvalue weighted by atomic mass is 32.3. The highest BCUT2D eigenvalue weighted by Gasteiger charge is 2.74. The van der Waals surface area contributed by atoms with Crippen LogP contribution in [-0.2, 0) is 78.3 Å². The van der Waals surface area contributed by atoms with Crippen molar-refractivity contribution in [1.29, 1.82) is 0 Å². The van der Waals surface area contributed by atoms with Crippen LogP contribution < -0.4 is 0 Å². The smallest absolute Gasteiger partial charge is 0.194 e. The van der Waals surface area contributed by atoms with E-state index < -0.39 is 86.5 Å². The van der Waals surface area contributed by atoms with Crippen molar-refractivity contribution in [3.05, 3.63) is 295 Å². The van der Waals surface area contributed by atoms with Gasteiger partial charge < -0.3 is 9.64 Å². The van der Waals surface area contributed by atoms with E-state index in [2.05, 4.69) is 49.8 Å². The zero-order valence-corrected chi connectivity index (χ0v) is 92.1. The normalized spacial score (nSPS) is 27.1. The molecule has 19 atom stereocenters. The summed E-state index contributed by atoms with van der Waals surface area (Å²) >= 11 is 6.29. The molecule has 0 spiro atoms. The quantitative estimate of drug-likeness (QED) is 0.0199. The largest absolute Gasteiger partial charge is 0.385 e. The number of hydrogen-bond donors (Lipinski definition) is 0. The number of terminal acetylenes is 1. The van der Waals surface area contributed by atoms with Gasteiger partial charge in [0.1, 0.15) is 12.9 Å². The van der Waals surface area contributed by atoms with Gasteiger partial charge in [0, 0.05) is 48.4 Å². The molecule has 0 aromatic heterocycles. The molecule has 9 aromatic rings. The lowest BCUT2D eigenvalue weighted by molar-refractivity contribution is 0.191. The molecule has 3 unspecified atom stereocenters. The lowest BCUT2D eigenvalue weighted by atomic mass is 9.98. The van der Waals surface area contributed by atoms with E-state index in [1.165, 1.54) is 61.4 Å². The van der Waals surface area contributed by atoms with Crippen molar-refractivity contribution in [3.8, 4) is 12.3 Å². The molecule has 1 heterocycles. The molecule has 8 aliphatic rings. The van der Waals surface area contributed by atoms with Crippen molar-refractivity contribution in [2.75, 3.05) is 58.4 Å². The maximum Gasteiger partial charge on any atom is 0.194 e. The lowest BCUT2D eigenvalue weighted by Crippen LogP contribution is -2.31. The Morgan fingerprint density at radius 2 is 0.856 bits per heavy atom. The molecule has 27 heteroatoms. The predicted octanol–water partition coefficient (Wildman–Crippen LogP) is 24.6. The maximum atomic E-state index is 14.2. The minimum absolute atomic E-state index is 0.0355. The molecular formula is C112H145NO15S11. The molecule has 7 aliphatic carbocycles. The van der Waals surface area contributed by atoms with Gasteiger partial charge in [-0.15, -0.1) is 35.9 Å². The molecule has 754 valence electrons. The third-order valence-corrected chi connectivity index (χ3v) is 54.6. The van der Waals surface area contributed by atoms with E-state index >= 15 is 0 Å². The minimum Gasteiger partial charge on any atom is -0.385 e. The van der Waals surface area contributed by atoms with Crippen LogP contribution in [0.1, 0.15) is 187 Å². The Kier molecular flexibility index (Phi) is 40.0. The first-order valence-corrected chi connectivity index (χ1v) is 64.5. The van der Waals surface area contributed by atoms with E-state index in [1.807, 2.05) is 164 Å². The Morgan fingerprint density at radius 3 is 1.28 bits per heavy atom. The molecule has 1 aliphatic heterocycles. The molecule has 1 saturated heterocycles. The van der Waals surface area contributed by atoms with Gasteiger partial charge in [-0.2, -0.15) is 23.5 Å². The Morgan fingerprint density at radius 1 is 0.453 bits per heavy atom. The monoisotopic (exact) mass is 2100 g/mol. The van der Waals surface area contributed by atoms with Gasteiger partial charge in [-0.25, -0.2) is 58.9 Å². The number of allylic oxidation sites excluding steroid dienone is 2. The van der Waals surface area contributed by atoms with Crippen LogP contribution >= 0.6 is 47.0 Å². The van der Waals surface area contributed by atoms with Crippen LogP contribution in [0.25, 0.3) is 0 Å². The van der Waals surface area contributed by atoms with Crippen molar-refractivity contribution < 1.29 is 63.7 Å². The molecule has 16 nitrogen and oxygen atoms in total. The number of aryl methyl sites for hydroxylation is 1. The van der Waals surface area contributed by atoms with Gasteiger partial charge in [0.2, 0.25) is 0 Å². The van der Waals surface area contributed by atoms with Crippen LogP contribution in [0.3, 0.4) is 0 Å². The second-order valence-electron chi connectivity index (χ2n) is 39.0. The van der Waals surface area contributed by atoms with E-state index in [0.717, 1.165) is 113 Å². The summed E-state index contributed by atoms with van der Waals surface area (Å²) in [5, 5.41) is -0.0521. The highest BCUT2D eigenvalue weighted by Crippen LogP contribution is 2.72. The Bertz CT molecular complexity index is 6340. The summed E-state index contributed by atoms with van der Waals surface area (Å²) in [6.45, 7) is 22.5. The number of hydrogen-bond acceptors (Lipinski definition) is 20. The third-order valence-electron chi connectivity index (χ3n) is 29.7. The number of methoxy groups -OCH3 is 1. The third kappa shape index (κ3) is 25.7. The van der Waals surface area contributed by atoms with Crippen molar-refractivity contribution in [1.82, 2.24) is 4.90 Å². The standard InChI is InChI=1S/C28H28O2S.C18H26O2S.C16H23NO2S.C15H22O3S3.C13H18O2S3.C12H16O2S.C10H12O2S/c1-2-3-4-5-15-22-26-27(23-16-9-6-10-17-23)28(26,24-18-11-7-12-19-24)31(29,30)25-20-13-8-14-21-25;1-14(2)8-7-9-15(3)12-16-13-18(16)21(19,20)17-10-5-4-6-11-17;18-20(19,15-7-3-1-4-8-15)16-13-14(16)9-12-17-10-5-2-6-11-17;1-18-11-7-10-13-14(19-2)15(13,20-3)21(16,17)12-8-5-4-6-9-12;1-9-5-7-11(8-6-9)18(14,15)13(17-4)10(2)12(13)16-3;1-9-10(2)12(9,3)15(13,14)11-7-5-4-6-8-11;1-8-7-10(8)13(11,12)9-5-3-2-4-6-9/h1,6-14,16-21,26-27H,3-5,15,22H2;4-6,8,10-11,15-16,18H,7,9,12-13H2,1-3H3;1,3-4,7-8,14,16H,2,5-6,9-13H2;4-6,8-9,13-14H,7,10-11H2,1-3H3;5-8,10,12H,1-4H3;4-10H,1-3H3;2-6,8,10H,7H2,1H3/t26-,27-,28-;15-,16?,18+;14-,16-;13-,14+,15+;10-,12+,13+;9-,10+,12?;8-,10?/m00111.1/s1. The average Bonchev–Trinajstić information content (AvgIpc) is 1.49. The van der Waals surface area contributed by atoms with E-state index in [9.17, 15) is 58.9 Å². The molecule has 0 bridgehead atoms. The number of nitrogens with zero attached hydrogens (tertiary/aromatic N) is 1. The number of ether oxygens (including phenoxy) is 1. The molecule has 8 fully saturated rings. The number of benzene rings is 9. The van der Waals surface area contributed by atoms with Gasteiger partial charge in [0.15, 0.2) is 68.9 Å². The van der Waals surface area contributed by atoms with Crippen LogP contribution in [0.2, 0.25) is 0 Å². The van der Waals surface area contributed by atoms with Crippen LogP contribution in [-0.4, -0.2) is 161 Å². The van der Waals surface area contributed by atoms with E-state index in [-0.39, 0.29) is 61.8 Å². The average molecular weight is 2100 g/mol. The summed E-state index contributed by atoms with van der Waals surface area (Å²) in [5.74, 6) is 5.25. The predicted molar refractivity (Wildman–Crippen MR) is 579 cm³/mol. The molecular weight excluding hydrogens is 1950 g/mol. The molecule has 9 aromatic carbocycles. The molecule has 0 amide bonds. The molecule has 139 heavy (non-hydrogen) atoms. The molecule has 0 N–H and O–H groups in total. The van der Waals surface area contributed by atoms with E-state index in [0.29, 0.717) is 64.5 Å². The first kappa shape index (κ1) is 113. The fourth-order valence-corrected chi connectivity index (χ4v) is 44.6. The van der Waals surface area contributed by atoms with Crippen molar-refractivity contribution >= 4 is 116 Å². The van der Waals surface area contributed by atoms with E-state index in [1.54, 1.807) is 188 Å². The van der Waals surface area contributed by atoms with Crippen LogP contribution in [0.15, 0.2) is 313 Å². The SMILES string of the molecule is C#CCCCCC[C@H]1[C@H](c2ccccc2)[C@@]1(c1ccccc1)S(=O)(=O)c1ccccc1.CC(C)=CCC[C@H](C)CC1C[C@H]1S(=O)(=O)c1ccccc1.COCCC[C@@H]1[C@H](SC)[C@@]1(SC)S(=O)(=O)c1ccccc1.CS[C@H]1[C@@H](C)[C@]1(SC)S(=O)(=O)c1ccc(C)cc1.C[C@@H]1CC1S(=O)(=O)c1ccccc1.C[C@@H]1[C@H](C)C1(C)S(=O)(=O)c1ccccc1.O=S(=O)(c1ccccc1)[C@@H]1C[C@H]1CCN1CCCCC1. The first-order valence-electron chi connectivity index (χ1n) is 48.9. The van der Waals surface area contributed by atoms with Crippen LogP contribution in [0.4, 0.5) is 0 Å². The fourth-order valence-electron chi connectivity index (χ4n) is 20.6. The Labute approximate surface area is 851 Å². The second-order valence-corrected chi connectivity index (χ2v) is 58.9. The summed E-state index contributed by atoms with van der Waals surface area (Å²) in [7, 11) is -20.9. The van der Waals surface area contributed by atoms with Crippen LogP contribution in [0, 0.1) is 72.5 Å². The zero-order chi connectivity index (χ0) is 101. The Hall–Kier alpha value is -6.75. The summed E-state index contributed by atoms with van der Waals surface area (Å²) in [6.07, 6.45) is 32.7. The molecule has 17 rings (SSSR count). The number of sulfone groups is 7. The van der Waals surface area contributed by atoms with Gasteiger partial charge in [0.25, 0.3) is 0 Å². The Balaban J connectivity index is 0.000000158. The fraction of sp³-hybridized carbons (Fsp3) is 0.482. The van der Waals surface area contributed by atoms with Gasteiger partial charge in [-0.1, -0.05) is 253 Å². The van der Waals surface area contributed by atoms with Gasteiger partial charge in [-0.3, -0.25) is 0 Å². The lowest BCUT2D eigenvalue weighted by Gasteiger charge is -2.26. The minimum atomic E-state index is -3.61. The topological polar surface area (TPSA) is 251 Å². The van der Waals surface area contributed by atoms with Gasteiger partial charge in [0.05, 0.1) is 54.8 Å². The van der Waals surface area contributed by atoms with Crippen molar-refractivity contribution in [2.45, 2.75) is 256 Å². The molecule has 7 saturated carbocycles. The number of piperidine rings is 1. The van der Waals surface area contributed by atoms with Crippen LogP contribution in [0.5, 0.6) is 0 Å². The summed E-state index contributed by atoms with van der Waals surface area (Å²) in [4.78, 5) is 5.66. The van der Waals surface area contributed by atoms with Crippen molar-refractivity contribution in [3.63, 3.8) is 0 Å². The first-order chi connectivity index (χ1) is 66.2. The number of unbranched alkanes of at least 4 members (excludes halogenated alkanes) is 3.